The predicted molar refractivity (Wildman–Crippen MR) is 110 cm³/mol. The van der Waals surface area contributed by atoms with Crippen molar-refractivity contribution < 1.29 is 28.9 Å². The normalized spacial score (nSPS) is 25.6. The SMILES string of the molecule is CC(C)(C)OC(=O)N1[C@H]2CN(C(=O)OCc3ccccc3)[C@@H](CO)C[C@H]2OC1(C)C. The molecule has 2 saturated heterocycles. The van der Waals surface area contributed by atoms with Crippen LogP contribution in [0.25, 0.3) is 0 Å². The third-order valence-electron chi connectivity index (χ3n) is 5.35. The number of piperidine rings is 1. The lowest BCUT2D eigenvalue weighted by Gasteiger charge is -2.41. The van der Waals surface area contributed by atoms with Crippen molar-refractivity contribution in [3.63, 3.8) is 0 Å². The van der Waals surface area contributed by atoms with Gasteiger partial charge in [0.2, 0.25) is 0 Å². The highest BCUT2D eigenvalue weighted by atomic mass is 16.6. The second kappa shape index (κ2) is 8.43. The minimum absolute atomic E-state index is 0.139. The Morgan fingerprint density at radius 3 is 2.47 bits per heavy atom. The Hall–Kier alpha value is -2.32. The summed E-state index contributed by atoms with van der Waals surface area (Å²) in [5.74, 6) is 0. The number of rotatable bonds is 3. The van der Waals surface area contributed by atoms with Crippen molar-refractivity contribution >= 4 is 12.2 Å². The van der Waals surface area contributed by atoms with Crippen molar-refractivity contribution in [2.75, 3.05) is 13.2 Å². The molecule has 2 aliphatic rings. The smallest absolute Gasteiger partial charge is 0.412 e. The number of aliphatic hydroxyl groups excluding tert-OH is 1. The third kappa shape index (κ3) is 4.87. The van der Waals surface area contributed by atoms with E-state index in [0.717, 1.165) is 5.56 Å². The summed E-state index contributed by atoms with van der Waals surface area (Å²) in [5.41, 5.74) is -0.661. The second-order valence-electron chi connectivity index (χ2n) is 9.29. The van der Waals surface area contributed by atoms with Crippen LogP contribution in [-0.4, -0.2) is 69.8 Å². The van der Waals surface area contributed by atoms with Gasteiger partial charge in [0.25, 0.3) is 0 Å². The summed E-state index contributed by atoms with van der Waals surface area (Å²) in [4.78, 5) is 28.8. The van der Waals surface area contributed by atoms with E-state index in [9.17, 15) is 14.7 Å². The number of benzene rings is 1. The van der Waals surface area contributed by atoms with Gasteiger partial charge in [-0.2, -0.15) is 0 Å². The maximum atomic E-state index is 12.9. The number of nitrogens with zero attached hydrogens (tertiary/aromatic N) is 2. The first-order valence-electron chi connectivity index (χ1n) is 10.3. The van der Waals surface area contributed by atoms with Crippen LogP contribution in [0.2, 0.25) is 0 Å². The van der Waals surface area contributed by atoms with E-state index in [4.69, 9.17) is 14.2 Å². The van der Waals surface area contributed by atoms with E-state index in [1.807, 2.05) is 51.1 Å². The molecule has 1 aromatic carbocycles. The van der Waals surface area contributed by atoms with Gasteiger partial charge < -0.3 is 24.2 Å². The summed E-state index contributed by atoms with van der Waals surface area (Å²) in [5, 5.41) is 9.86. The molecule has 0 saturated carbocycles. The molecule has 2 aliphatic heterocycles. The highest BCUT2D eigenvalue weighted by Crippen LogP contribution is 2.39. The fourth-order valence-electron chi connectivity index (χ4n) is 4.09. The molecule has 0 aliphatic carbocycles. The Bertz CT molecular complexity index is 761. The maximum Gasteiger partial charge on any atom is 0.412 e. The first-order valence-corrected chi connectivity index (χ1v) is 10.3. The summed E-state index contributed by atoms with van der Waals surface area (Å²) in [6.45, 7) is 9.17. The maximum absolute atomic E-state index is 12.9. The van der Waals surface area contributed by atoms with Crippen molar-refractivity contribution in [1.29, 1.82) is 0 Å². The summed E-state index contributed by atoms with van der Waals surface area (Å²) in [7, 11) is 0. The van der Waals surface area contributed by atoms with Crippen LogP contribution in [0.15, 0.2) is 30.3 Å². The molecule has 1 aromatic rings. The summed E-state index contributed by atoms with van der Waals surface area (Å²) in [6, 6.07) is 8.57. The third-order valence-corrected chi connectivity index (χ3v) is 5.35. The zero-order chi connectivity index (χ0) is 22.1. The van der Waals surface area contributed by atoms with Crippen molar-refractivity contribution in [3.8, 4) is 0 Å². The lowest BCUT2D eigenvalue weighted by atomic mass is 9.95. The minimum Gasteiger partial charge on any atom is -0.445 e. The van der Waals surface area contributed by atoms with E-state index >= 15 is 0 Å². The van der Waals surface area contributed by atoms with Crippen LogP contribution in [-0.2, 0) is 20.8 Å². The number of amides is 2. The van der Waals surface area contributed by atoms with Gasteiger partial charge in [-0.25, -0.2) is 9.59 Å². The molecule has 1 N–H and O–H groups in total. The number of fused-ring (bicyclic) bond motifs is 1. The van der Waals surface area contributed by atoms with Crippen LogP contribution in [0.4, 0.5) is 9.59 Å². The van der Waals surface area contributed by atoms with E-state index in [0.29, 0.717) is 6.42 Å². The number of hydrogen-bond donors (Lipinski definition) is 1. The summed E-state index contributed by atoms with van der Waals surface area (Å²) in [6.07, 6.45) is -0.905. The molecular weight excluding hydrogens is 388 g/mol. The van der Waals surface area contributed by atoms with Gasteiger partial charge in [0.05, 0.1) is 24.8 Å². The number of carbonyl (C=O) groups excluding carboxylic acids is 2. The molecule has 8 heteroatoms. The Labute approximate surface area is 177 Å². The molecule has 2 amide bonds. The van der Waals surface area contributed by atoms with Crippen molar-refractivity contribution in [1.82, 2.24) is 9.80 Å². The molecule has 0 radical (unpaired) electrons. The van der Waals surface area contributed by atoms with Crippen LogP contribution in [0.3, 0.4) is 0 Å². The van der Waals surface area contributed by atoms with E-state index in [-0.39, 0.29) is 31.9 Å². The zero-order valence-corrected chi connectivity index (χ0v) is 18.3. The fraction of sp³-hybridized carbons (Fsp3) is 0.636. The lowest BCUT2D eigenvalue weighted by molar-refractivity contribution is -0.0824. The highest BCUT2D eigenvalue weighted by molar-refractivity contribution is 5.71. The van der Waals surface area contributed by atoms with E-state index in [1.54, 1.807) is 18.7 Å². The lowest BCUT2D eigenvalue weighted by Crippen LogP contribution is -2.60. The molecule has 8 nitrogen and oxygen atoms in total. The standard InChI is InChI=1S/C22H32N2O6/c1-21(2,3)30-20(27)24-17-12-23(16(13-25)11-18(17)29-22(24,4)5)19(26)28-14-15-9-7-6-8-10-15/h6-10,16-18,25H,11-14H2,1-5H3/t16-,17+,18-/m1/s1. The topological polar surface area (TPSA) is 88.5 Å². The van der Waals surface area contributed by atoms with Gasteiger partial charge in [-0.1, -0.05) is 30.3 Å². The Kier molecular flexibility index (Phi) is 6.29. The number of ether oxygens (including phenoxy) is 3. The molecule has 3 atom stereocenters. The molecule has 166 valence electrons. The number of hydrogen-bond acceptors (Lipinski definition) is 6. The molecule has 3 rings (SSSR count). The fourth-order valence-corrected chi connectivity index (χ4v) is 4.09. The average Bonchev–Trinajstić information content (AvgIpc) is 2.93. The predicted octanol–water partition coefficient (Wildman–Crippen LogP) is 3.13. The first kappa shape index (κ1) is 22.4. The van der Waals surface area contributed by atoms with Crippen molar-refractivity contribution in [2.45, 2.75) is 77.2 Å². The number of likely N-dealkylation sites (tertiary alicyclic amines) is 1. The Balaban J connectivity index is 1.75. The number of aliphatic hydroxyl groups is 1. The quantitative estimate of drug-likeness (QED) is 0.808. The average molecular weight is 421 g/mol. The van der Waals surface area contributed by atoms with Crippen molar-refractivity contribution in [2.24, 2.45) is 0 Å². The monoisotopic (exact) mass is 420 g/mol. The molecule has 30 heavy (non-hydrogen) atoms. The van der Waals surface area contributed by atoms with Crippen molar-refractivity contribution in [3.05, 3.63) is 35.9 Å². The largest absolute Gasteiger partial charge is 0.445 e. The first-order chi connectivity index (χ1) is 14.0. The van der Waals surface area contributed by atoms with Crippen LogP contribution in [0.1, 0.15) is 46.6 Å². The van der Waals surface area contributed by atoms with Gasteiger partial charge >= 0.3 is 12.2 Å². The molecule has 2 fully saturated rings. The van der Waals surface area contributed by atoms with E-state index in [2.05, 4.69) is 0 Å². The van der Waals surface area contributed by atoms with Crippen LogP contribution < -0.4 is 0 Å². The molecule has 0 aromatic heterocycles. The van der Waals surface area contributed by atoms with Gasteiger partial charge in [0, 0.05) is 6.54 Å². The highest BCUT2D eigenvalue weighted by Gasteiger charge is 2.55. The summed E-state index contributed by atoms with van der Waals surface area (Å²) < 4.78 is 17.2. The van der Waals surface area contributed by atoms with E-state index in [1.165, 1.54) is 4.90 Å². The van der Waals surface area contributed by atoms with Crippen LogP contribution in [0.5, 0.6) is 0 Å². The minimum atomic E-state index is -0.887. The van der Waals surface area contributed by atoms with Gasteiger partial charge in [0.1, 0.15) is 17.9 Å². The Morgan fingerprint density at radius 1 is 1.20 bits per heavy atom. The molecular formula is C22H32N2O6. The van der Waals surface area contributed by atoms with Gasteiger partial charge in [-0.3, -0.25) is 4.90 Å². The van der Waals surface area contributed by atoms with E-state index < -0.39 is 29.6 Å². The molecule has 0 unspecified atom stereocenters. The Morgan fingerprint density at radius 2 is 1.87 bits per heavy atom. The second-order valence-corrected chi connectivity index (χ2v) is 9.29. The summed E-state index contributed by atoms with van der Waals surface area (Å²) >= 11 is 0. The van der Waals surface area contributed by atoms with Crippen LogP contribution >= 0.6 is 0 Å². The molecule has 0 bridgehead atoms. The molecule has 0 spiro atoms. The van der Waals surface area contributed by atoms with Gasteiger partial charge in [0.15, 0.2) is 0 Å². The van der Waals surface area contributed by atoms with Gasteiger partial charge in [-0.15, -0.1) is 0 Å². The zero-order valence-electron chi connectivity index (χ0n) is 18.3. The number of carbonyl (C=O) groups is 2. The van der Waals surface area contributed by atoms with Crippen LogP contribution in [0, 0.1) is 0 Å². The molecule has 2 heterocycles. The van der Waals surface area contributed by atoms with Gasteiger partial charge in [-0.05, 0) is 46.6 Å².